The van der Waals surface area contributed by atoms with Crippen molar-refractivity contribution in [1.82, 2.24) is 0 Å². The van der Waals surface area contributed by atoms with Crippen molar-refractivity contribution in [1.29, 1.82) is 0 Å². The van der Waals surface area contributed by atoms with Gasteiger partial charge in [0.15, 0.2) is 6.10 Å². The van der Waals surface area contributed by atoms with Gasteiger partial charge in [-0.1, -0.05) is 0 Å². The number of hydrogen-bond donors (Lipinski definition) is 2. The van der Waals surface area contributed by atoms with Crippen molar-refractivity contribution in [2.24, 2.45) is 0 Å². The van der Waals surface area contributed by atoms with Gasteiger partial charge in [0.1, 0.15) is 5.75 Å². The van der Waals surface area contributed by atoms with E-state index in [9.17, 15) is 14.4 Å². The van der Waals surface area contributed by atoms with Crippen LogP contribution in [-0.4, -0.2) is 30.5 Å². The van der Waals surface area contributed by atoms with E-state index in [1.165, 1.54) is 26.0 Å². The maximum Gasteiger partial charge on any atom is 0.338 e. The van der Waals surface area contributed by atoms with Gasteiger partial charge in [-0.2, -0.15) is 0 Å². The van der Waals surface area contributed by atoms with E-state index in [0.717, 1.165) is 0 Å². The lowest BCUT2D eigenvalue weighted by Gasteiger charge is -2.14. The summed E-state index contributed by atoms with van der Waals surface area (Å²) in [5.41, 5.74) is 1.43. The number of benzene rings is 2. The topological polar surface area (TPSA) is 93.7 Å². The normalized spacial score (nSPS) is 11.2. The molecule has 1 atom stereocenters. The second-order valence-electron chi connectivity index (χ2n) is 5.75. The summed E-state index contributed by atoms with van der Waals surface area (Å²) >= 11 is 0. The zero-order valence-corrected chi connectivity index (χ0v) is 15.4. The predicted octanol–water partition coefficient (Wildman–Crippen LogP) is 3.23. The van der Waals surface area contributed by atoms with Crippen LogP contribution in [0.25, 0.3) is 0 Å². The average Bonchev–Trinajstić information content (AvgIpc) is 2.63. The molecule has 0 aliphatic carbocycles. The van der Waals surface area contributed by atoms with Crippen molar-refractivity contribution in [3.8, 4) is 5.75 Å². The minimum absolute atomic E-state index is 0.204. The van der Waals surface area contributed by atoms with Crippen LogP contribution in [0.2, 0.25) is 0 Å². The van der Waals surface area contributed by atoms with Gasteiger partial charge in [-0.05, 0) is 62.4 Å². The summed E-state index contributed by atoms with van der Waals surface area (Å²) in [6.45, 7) is 5.34. The van der Waals surface area contributed by atoms with Crippen molar-refractivity contribution in [2.45, 2.75) is 26.9 Å². The summed E-state index contributed by atoms with van der Waals surface area (Å²) in [5.74, 6) is -0.566. The first-order valence-electron chi connectivity index (χ1n) is 8.51. The smallest absolute Gasteiger partial charge is 0.338 e. The molecule has 0 aliphatic heterocycles. The van der Waals surface area contributed by atoms with E-state index < -0.39 is 18.0 Å². The third-order valence-electron chi connectivity index (χ3n) is 3.53. The molecule has 0 spiro atoms. The molecule has 0 aliphatic rings. The van der Waals surface area contributed by atoms with E-state index in [4.69, 9.17) is 9.47 Å². The standard InChI is InChI=1S/C20H22N2O5/c1-4-26-18-11-9-17(10-12-18)22-19(24)13(2)27-20(25)15-5-7-16(8-6-15)21-14(3)23/h5-13H,4H2,1-3H3,(H,21,23)(H,22,24). The van der Waals surface area contributed by atoms with Gasteiger partial charge in [-0.15, -0.1) is 0 Å². The van der Waals surface area contributed by atoms with Crippen molar-refractivity contribution < 1.29 is 23.9 Å². The zero-order valence-electron chi connectivity index (χ0n) is 15.4. The highest BCUT2D eigenvalue weighted by molar-refractivity contribution is 5.97. The molecule has 7 nitrogen and oxygen atoms in total. The Morgan fingerprint density at radius 3 is 2.04 bits per heavy atom. The SMILES string of the molecule is CCOc1ccc(NC(=O)C(C)OC(=O)c2ccc(NC(C)=O)cc2)cc1. The van der Waals surface area contributed by atoms with E-state index in [2.05, 4.69) is 10.6 Å². The first kappa shape index (κ1) is 20.0. The molecule has 0 saturated heterocycles. The Kier molecular flexibility index (Phi) is 6.93. The van der Waals surface area contributed by atoms with Crippen LogP contribution in [0, 0.1) is 0 Å². The number of nitrogens with one attached hydrogen (secondary N) is 2. The minimum Gasteiger partial charge on any atom is -0.494 e. The molecule has 1 unspecified atom stereocenters. The first-order chi connectivity index (χ1) is 12.9. The Hall–Kier alpha value is -3.35. The van der Waals surface area contributed by atoms with Gasteiger partial charge in [0.2, 0.25) is 5.91 Å². The maximum atomic E-state index is 12.2. The summed E-state index contributed by atoms with van der Waals surface area (Å²) in [6.07, 6.45) is -0.973. The highest BCUT2D eigenvalue weighted by atomic mass is 16.5. The molecule has 0 bridgehead atoms. The number of esters is 1. The van der Waals surface area contributed by atoms with E-state index >= 15 is 0 Å². The molecule has 0 heterocycles. The van der Waals surface area contributed by atoms with Crippen LogP contribution < -0.4 is 15.4 Å². The molecule has 0 radical (unpaired) electrons. The number of ether oxygens (including phenoxy) is 2. The van der Waals surface area contributed by atoms with E-state index in [-0.39, 0.29) is 11.5 Å². The van der Waals surface area contributed by atoms with Gasteiger partial charge < -0.3 is 20.1 Å². The van der Waals surface area contributed by atoms with Gasteiger partial charge in [-0.25, -0.2) is 4.79 Å². The summed E-state index contributed by atoms with van der Waals surface area (Å²) in [6, 6.07) is 13.1. The molecule has 2 N–H and O–H groups in total. The molecule has 2 aromatic rings. The predicted molar refractivity (Wildman–Crippen MR) is 102 cm³/mol. The molecule has 2 aromatic carbocycles. The molecule has 0 saturated carbocycles. The van der Waals surface area contributed by atoms with Crippen molar-refractivity contribution in [3.63, 3.8) is 0 Å². The summed E-state index contributed by atoms with van der Waals surface area (Å²) in [5, 5.41) is 5.28. The van der Waals surface area contributed by atoms with Crippen LogP contribution in [0.15, 0.2) is 48.5 Å². The van der Waals surface area contributed by atoms with Gasteiger partial charge in [0.25, 0.3) is 5.91 Å². The fourth-order valence-electron chi connectivity index (χ4n) is 2.22. The van der Waals surface area contributed by atoms with Crippen LogP contribution >= 0.6 is 0 Å². The van der Waals surface area contributed by atoms with Gasteiger partial charge in [0.05, 0.1) is 12.2 Å². The lowest BCUT2D eigenvalue weighted by molar-refractivity contribution is -0.123. The van der Waals surface area contributed by atoms with E-state index in [0.29, 0.717) is 23.7 Å². The molecule has 2 rings (SSSR count). The molecular formula is C20H22N2O5. The lowest BCUT2D eigenvalue weighted by Crippen LogP contribution is -2.30. The molecule has 7 heteroatoms. The minimum atomic E-state index is -0.973. The van der Waals surface area contributed by atoms with Crippen molar-refractivity contribution in [2.75, 3.05) is 17.2 Å². The zero-order chi connectivity index (χ0) is 19.8. The Morgan fingerprint density at radius 2 is 1.48 bits per heavy atom. The highest BCUT2D eigenvalue weighted by Crippen LogP contribution is 2.16. The molecule has 2 amide bonds. The number of anilines is 2. The van der Waals surface area contributed by atoms with Gasteiger partial charge in [0, 0.05) is 18.3 Å². The second kappa shape index (κ2) is 9.38. The summed E-state index contributed by atoms with van der Waals surface area (Å²) in [4.78, 5) is 35.4. The van der Waals surface area contributed by atoms with Crippen molar-refractivity contribution in [3.05, 3.63) is 54.1 Å². The van der Waals surface area contributed by atoms with Crippen LogP contribution in [-0.2, 0) is 14.3 Å². The van der Waals surface area contributed by atoms with Crippen LogP contribution in [0.3, 0.4) is 0 Å². The van der Waals surface area contributed by atoms with Crippen LogP contribution in [0.5, 0.6) is 5.75 Å². The maximum absolute atomic E-state index is 12.2. The molecule has 0 aromatic heterocycles. The van der Waals surface area contributed by atoms with Gasteiger partial charge in [-0.3, -0.25) is 9.59 Å². The highest BCUT2D eigenvalue weighted by Gasteiger charge is 2.19. The second-order valence-corrected chi connectivity index (χ2v) is 5.75. The van der Waals surface area contributed by atoms with E-state index in [1.54, 1.807) is 36.4 Å². The lowest BCUT2D eigenvalue weighted by atomic mass is 10.2. The Morgan fingerprint density at radius 1 is 0.926 bits per heavy atom. The fraction of sp³-hybridized carbons (Fsp3) is 0.250. The summed E-state index contributed by atoms with van der Waals surface area (Å²) < 4.78 is 10.5. The van der Waals surface area contributed by atoms with Gasteiger partial charge >= 0.3 is 5.97 Å². The van der Waals surface area contributed by atoms with E-state index in [1.807, 2.05) is 6.92 Å². The van der Waals surface area contributed by atoms with Crippen LogP contribution in [0.4, 0.5) is 11.4 Å². The Labute approximate surface area is 157 Å². The first-order valence-corrected chi connectivity index (χ1v) is 8.51. The summed E-state index contributed by atoms with van der Waals surface area (Å²) in [7, 11) is 0. The molecule has 142 valence electrons. The molecule has 0 fully saturated rings. The quantitative estimate of drug-likeness (QED) is 0.730. The third kappa shape index (κ3) is 6.14. The number of hydrogen-bond acceptors (Lipinski definition) is 5. The van der Waals surface area contributed by atoms with Crippen molar-refractivity contribution >= 4 is 29.2 Å². The third-order valence-corrected chi connectivity index (χ3v) is 3.53. The largest absolute Gasteiger partial charge is 0.494 e. The Balaban J connectivity index is 1.90. The molecule has 27 heavy (non-hydrogen) atoms. The van der Waals surface area contributed by atoms with Crippen LogP contribution in [0.1, 0.15) is 31.1 Å². The number of carbonyl (C=O) groups excluding carboxylic acids is 3. The average molecular weight is 370 g/mol. The molecular weight excluding hydrogens is 348 g/mol. The Bertz CT molecular complexity index is 800. The number of carbonyl (C=O) groups is 3. The number of amides is 2. The monoisotopic (exact) mass is 370 g/mol. The fourth-order valence-corrected chi connectivity index (χ4v) is 2.22. The number of rotatable bonds is 7.